The van der Waals surface area contributed by atoms with Gasteiger partial charge in [-0.25, -0.2) is 0 Å². The molecule has 1 aliphatic carbocycles. The topological polar surface area (TPSA) is 89.9 Å². The van der Waals surface area contributed by atoms with E-state index in [1.165, 1.54) is 12.8 Å². The summed E-state index contributed by atoms with van der Waals surface area (Å²) in [6, 6.07) is 0.400. The highest BCUT2D eigenvalue weighted by Crippen LogP contribution is 2.22. The summed E-state index contributed by atoms with van der Waals surface area (Å²) in [5, 5.41) is 20.3. The second-order valence-electron chi connectivity index (χ2n) is 4.98. The van der Waals surface area contributed by atoms with Gasteiger partial charge >= 0.3 is 5.97 Å². The van der Waals surface area contributed by atoms with E-state index in [-0.39, 0.29) is 25.5 Å². The lowest BCUT2D eigenvalue weighted by atomic mass is 10.2. The van der Waals surface area contributed by atoms with Crippen LogP contribution in [-0.4, -0.2) is 59.3 Å². The summed E-state index contributed by atoms with van der Waals surface area (Å²) in [6.45, 7) is 1.26. The Hall–Kier alpha value is -1.14. The van der Waals surface area contributed by atoms with Crippen LogP contribution in [0, 0.1) is 0 Å². The molecule has 0 unspecified atom stereocenters. The van der Waals surface area contributed by atoms with Crippen molar-refractivity contribution in [2.75, 3.05) is 26.2 Å². The van der Waals surface area contributed by atoms with E-state index in [9.17, 15) is 9.59 Å². The summed E-state index contributed by atoms with van der Waals surface area (Å²) < 4.78 is 0. The van der Waals surface area contributed by atoms with Gasteiger partial charge in [0, 0.05) is 25.6 Å². The molecule has 110 valence electrons. The van der Waals surface area contributed by atoms with Crippen LogP contribution in [0.25, 0.3) is 0 Å². The number of nitrogens with zero attached hydrogens (tertiary/aromatic N) is 1. The number of carboxylic acid groups (broad SMARTS) is 1. The van der Waals surface area contributed by atoms with Gasteiger partial charge in [0.1, 0.15) is 0 Å². The maximum atomic E-state index is 11.7. The number of hydrogen-bond acceptors (Lipinski definition) is 4. The van der Waals surface area contributed by atoms with Crippen molar-refractivity contribution in [3.8, 4) is 0 Å². The molecule has 1 aliphatic rings. The van der Waals surface area contributed by atoms with E-state index in [4.69, 9.17) is 10.2 Å². The summed E-state index contributed by atoms with van der Waals surface area (Å²) in [6.07, 6.45) is 5.08. The number of aliphatic hydroxyl groups excluding tert-OH is 1. The number of carbonyl (C=O) groups excluding carboxylic acids is 1. The van der Waals surface area contributed by atoms with E-state index in [0.29, 0.717) is 25.6 Å². The molecule has 1 fully saturated rings. The number of amides is 1. The third-order valence-electron chi connectivity index (χ3n) is 3.46. The second-order valence-corrected chi connectivity index (χ2v) is 4.98. The van der Waals surface area contributed by atoms with Crippen molar-refractivity contribution < 1.29 is 19.8 Å². The second kappa shape index (κ2) is 8.87. The van der Waals surface area contributed by atoms with Crippen molar-refractivity contribution in [2.45, 2.75) is 44.6 Å². The molecular formula is C13H24N2O4. The number of nitrogens with one attached hydrogen (secondary N) is 1. The molecule has 0 spiro atoms. The molecule has 1 amide bonds. The summed E-state index contributed by atoms with van der Waals surface area (Å²) >= 11 is 0. The standard InChI is InChI=1S/C13H24N2O4/c16-9-8-15(11-4-1-2-5-11)10-12(17)14-7-3-6-13(18)19/h11,16H,1-10H2,(H,14,17)(H,18,19). The molecule has 0 saturated heterocycles. The van der Waals surface area contributed by atoms with E-state index in [1.807, 2.05) is 4.90 Å². The predicted octanol–water partition coefficient (Wildman–Crippen LogP) is 0.204. The van der Waals surface area contributed by atoms with Crippen LogP contribution in [0.1, 0.15) is 38.5 Å². The Bertz CT molecular complexity index is 290. The van der Waals surface area contributed by atoms with Gasteiger partial charge in [-0.3, -0.25) is 14.5 Å². The van der Waals surface area contributed by atoms with Crippen molar-refractivity contribution >= 4 is 11.9 Å². The molecule has 0 bridgehead atoms. The Morgan fingerprint density at radius 2 is 1.95 bits per heavy atom. The predicted molar refractivity (Wildman–Crippen MR) is 70.8 cm³/mol. The quantitative estimate of drug-likeness (QED) is 0.522. The first-order chi connectivity index (χ1) is 9.13. The molecule has 19 heavy (non-hydrogen) atoms. The van der Waals surface area contributed by atoms with Crippen LogP contribution in [0.4, 0.5) is 0 Å². The van der Waals surface area contributed by atoms with Crippen LogP contribution >= 0.6 is 0 Å². The van der Waals surface area contributed by atoms with Crippen LogP contribution in [-0.2, 0) is 9.59 Å². The lowest BCUT2D eigenvalue weighted by molar-refractivity contribution is -0.137. The van der Waals surface area contributed by atoms with Gasteiger partial charge in [0.05, 0.1) is 13.2 Å². The third-order valence-corrected chi connectivity index (χ3v) is 3.46. The van der Waals surface area contributed by atoms with E-state index < -0.39 is 5.97 Å². The van der Waals surface area contributed by atoms with Crippen LogP contribution in [0.3, 0.4) is 0 Å². The minimum absolute atomic E-state index is 0.0583. The van der Waals surface area contributed by atoms with Gasteiger partial charge in [0.2, 0.25) is 5.91 Å². The zero-order chi connectivity index (χ0) is 14.1. The molecule has 1 saturated carbocycles. The number of carbonyl (C=O) groups is 2. The SMILES string of the molecule is O=C(O)CCCNC(=O)CN(CCO)C1CCCC1. The van der Waals surface area contributed by atoms with Crippen molar-refractivity contribution in [3.63, 3.8) is 0 Å². The molecule has 0 aromatic rings. The maximum Gasteiger partial charge on any atom is 0.303 e. The Morgan fingerprint density at radius 1 is 1.26 bits per heavy atom. The van der Waals surface area contributed by atoms with Crippen LogP contribution < -0.4 is 5.32 Å². The largest absolute Gasteiger partial charge is 0.481 e. The average Bonchev–Trinajstić information content (AvgIpc) is 2.87. The summed E-state index contributed by atoms with van der Waals surface area (Å²) in [5.74, 6) is -0.937. The van der Waals surface area contributed by atoms with Crippen molar-refractivity contribution in [3.05, 3.63) is 0 Å². The first-order valence-electron chi connectivity index (χ1n) is 6.97. The Labute approximate surface area is 113 Å². The fraction of sp³-hybridized carbons (Fsp3) is 0.846. The highest BCUT2D eigenvalue weighted by atomic mass is 16.4. The Balaban J connectivity index is 2.24. The monoisotopic (exact) mass is 272 g/mol. The maximum absolute atomic E-state index is 11.7. The van der Waals surface area contributed by atoms with Crippen molar-refractivity contribution in [1.82, 2.24) is 10.2 Å². The molecule has 6 heteroatoms. The molecule has 1 rings (SSSR count). The Morgan fingerprint density at radius 3 is 2.53 bits per heavy atom. The van der Waals surface area contributed by atoms with E-state index >= 15 is 0 Å². The smallest absolute Gasteiger partial charge is 0.303 e. The van der Waals surface area contributed by atoms with E-state index in [0.717, 1.165) is 12.8 Å². The molecular weight excluding hydrogens is 248 g/mol. The molecule has 0 atom stereocenters. The zero-order valence-electron chi connectivity index (χ0n) is 11.3. The molecule has 0 heterocycles. The number of aliphatic carboxylic acids is 1. The van der Waals surface area contributed by atoms with Crippen molar-refractivity contribution in [1.29, 1.82) is 0 Å². The lowest BCUT2D eigenvalue weighted by Crippen LogP contribution is -2.43. The minimum atomic E-state index is -0.845. The van der Waals surface area contributed by atoms with Gasteiger partial charge in [-0.1, -0.05) is 12.8 Å². The van der Waals surface area contributed by atoms with Crippen LogP contribution in [0.2, 0.25) is 0 Å². The van der Waals surface area contributed by atoms with Crippen molar-refractivity contribution in [2.24, 2.45) is 0 Å². The van der Waals surface area contributed by atoms with E-state index in [2.05, 4.69) is 5.32 Å². The minimum Gasteiger partial charge on any atom is -0.481 e. The Kier molecular flexibility index (Phi) is 7.43. The molecule has 0 aliphatic heterocycles. The van der Waals surface area contributed by atoms with Gasteiger partial charge in [0.25, 0.3) is 0 Å². The number of hydrogen-bond donors (Lipinski definition) is 3. The summed E-state index contributed by atoms with van der Waals surface area (Å²) in [5.41, 5.74) is 0. The number of rotatable bonds is 9. The molecule has 0 aromatic carbocycles. The first-order valence-corrected chi connectivity index (χ1v) is 6.97. The van der Waals surface area contributed by atoms with Gasteiger partial charge in [-0.2, -0.15) is 0 Å². The third kappa shape index (κ3) is 6.54. The normalized spacial score (nSPS) is 15.9. The van der Waals surface area contributed by atoms with Gasteiger partial charge in [-0.15, -0.1) is 0 Å². The summed E-state index contributed by atoms with van der Waals surface area (Å²) in [7, 11) is 0. The first kappa shape index (κ1) is 15.9. The average molecular weight is 272 g/mol. The molecule has 3 N–H and O–H groups in total. The highest BCUT2D eigenvalue weighted by Gasteiger charge is 2.23. The summed E-state index contributed by atoms with van der Waals surface area (Å²) in [4.78, 5) is 24.1. The molecule has 0 radical (unpaired) electrons. The fourth-order valence-electron chi connectivity index (χ4n) is 2.50. The fourth-order valence-corrected chi connectivity index (χ4v) is 2.50. The number of aliphatic hydroxyl groups is 1. The number of carboxylic acids is 1. The molecule has 0 aromatic heterocycles. The van der Waals surface area contributed by atoms with Gasteiger partial charge in [-0.05, 0) is 19.3 Å². The molecule has 6 nitrogen and oxygen atoms in total. The van der Waals surface area contributed by atoms with Gasteiger partial charge in [0.15, 0.2) is 0 Å². The van der Waals surface area contributed by atoms with Crippen LogP contribution in [0.15, 0.2) is 0 Å². The van der Waals surface area contributed by atoms with Gasteiger partial charge < -0.3 is 15.5 Å². The van der Waals surface area contributed by atoms with E-state index in [1.54, 1.807) is 0 Å². The van der Waals surface area contributed by atoms with Crippen LogP contribution in [0.5, 0.6) is 0 Å². The highest BCUT2D eigenvalue weighted by molar-refractivity contribution is 5.78. The lowest BCUT2D eigenvalue weighted by Gasteiger charge is -2.27. The zero-order valence-corrected chi connectivity index (χ0v) is 11.3.